The zero-order chi connectivity index (χ0) is 14.7. The lowest BCUT2D eigenvalue weighted by atomic mass is 9.92. The van der Waals surface area contributed by atoms with Crippen LogP contribution in [-0.2, 0) is 6.54 Å². The summed E-state index contributed by atoms with van der Waals surface area (Å²) in [5.74, 6) is -0.265. The molecule has 0 bridgehead atoms. The zero-order valence-corrected chi connectivity index (χ0v) is 12.4. The minimum Gasteiger partial charge on any atom is -0.391 e. The standard InChI is InChI=1S/C14H18N4O2S/c19-13-6-2-1-5-11(13)15-14(20)12-9-18(17-16-12)8-10-4-3-7-21-10/h3-4,7,9,11,13,19H,1-2,5-6,8H2,(H,15,20). The van der Waals surface area contributed by atoms with Crippen LogP contribution in [0.4, 0.5) is 0 Å². The van der Waals surface area contributed by atoms with Crippen molar-refractivity contribution < 1.29 is 9.90 Å². The highest BCUT2D eigenvalue weighted by molar-refractivity contribution is 7.09. The zero-order valence-electron chi connectivity index (χ0n) is 11.6. The second kappa shape index (κ2) is 6.36. The van der Waals surface area contributed by atoms with Crippen LogP contribution in [0.25, 0.3) is 0 Å². The first-order valence-corrected chi connectivity index (χ1v) is 8.02. The van der Waals surface area contributed by atoms with Gasteiger partial charge in [-0.25, -0.2) is 4.68 Å². The first-order chi connectivity index (χ1) is 10.2. The maximum Gasteiger partial charge on any atom is 0.273 e. The summed E-state index contributed by atoms with van der Waals surface area (Å²) in [6.45, 7) is 0.615. The molecule has 7 heteroatoms. The van der Waals surface area contributed by atoms with E-state index in [-0.39, 0.29) is 11.9 Å². The largest absolute Gasteiger partial charge is 0.391 e. The van der Waals surface area contributed by atoms with E-state index >= 15 is 0 Å². The Morgan fingerprint density at radius 2 is 2.33 bits per heavy atom. The quantitative estimate of drug-likeness (QED) is 0.895. The summed E-state index contributed by atoms with van der Waals surface area (Å²) in [7, 11) is 0. The maximum atomic E-state index is 12.1. The number of rotatable bonds is 4. The Bertz CT molecular complexity index is 596. The van der Waals surface area contributed by atoms with Gasteiger partial charge in [-0.2, -0.15) is 0 Å². The molecule has 21 heavy (non-hydrogen) atoms. The Labute approximate surface area is 126 Å². The maximum absolute atomic E-state index is 12.1. The monoisotopic (exact) mass is 306 g/mol. The number of nitrogens with one attached hydrogen (secondary N) is 1. The molecule has 3 rings (SSSR count). The average molecular weight is 306 g/mol. The van der Waals surface area contributed by atoms with Crippen LogP contribution < -0.4 is 5.32 Å². The van der Waals surface area contributed by atoms with Gasteiger partial charge < -0.3 is 10.4 Å². The van der Waals surface area contributed by atoms with E-state index in [1.807, 2.05) is 17.5 Å². The third kappa shape index (κ3) is 3.48. The molecule has 1 amide bonds. The van der Waals surface area contributed by atoms with Gasteiger partial charge in [0.05, 0.1) is 24.9 Å². The lowest BCUT2D eigenvalue weighted by Gasteiger charge is -2.27. The third-order valence-corrected chi connectivity index (χ3v) is 4.58. The highest BCUT2D eigenvalue weighted by Crippen LogP contribution is 2.18. The predicted octanol–water partition coefficient (Wildman–Crippen LogP) is 1.42. The van der Waals surface area contributed by atoms with E-state index in [2.05, 4.69) is 15.6 Å². The average Bonchev–Trinajstić information content (AvgIpc) is 3.13. The Morgan fingerprint density at radius 1 is 1.48 bits per heavy atom. The smallest absolute Gasteiger partial charge is 0.273 e. The molecule has 1 aliphatic rings. The van der Waals surface area contributed by atoms with E-state index in [0.717, 1.165) is 30.6 Å². The molecule has 112 valence electrons. The molecule has 2 atom stereocenters. The van der Waals surface area contributed by atoms with Crippen LogP contribution in [0.1, 0.15) is 41.0 Å². The van der Waals surface area contributed by atoms with Gasteiger partial charge in [-0.3, -0.25) is 4.79 Å². The summed E-state index contributed by atoms with van der Waals surface area (Å²) in [6, 6.07) is 3.83. The number of nitrogens with zero attached hydrogens (tertiary/aromatic N) is 3. The predicted molar refractivity (Wildman–Crippen MR) is 79.2 cm³/mol. The Balaban J connectivity index is 1.61. The number of hydrogen-bond donors (Lipinski definition) is 2. The van der Waals surface area contributed by atoms with Gasteiger partial charge in [-0.15, -0.1) is 16.4 Å². The number of aliphatic hydroxyl groups excluding tert-OH is 1. The van der Waals surface area contributed by atoms with Crippen molar-refractivity contribution in [3.63, 3.8) is 0 Å². The fraction of sp³-hybridized carbons (Fsp3) is 0.500. The third-order valence-electron chi connectivity index (χ3n) is 3.72. The van der Waals surface area contributed by atoms with Crippen molar-refractivity contribution in [2.24, 2.45) is 0 Å². The Morgan fingerprint density at radius 3 is 3.10 bits per heavy atom. The Hall–Kier alpha value is -1.73. The van der Waals surface area contributed by atoms with Crippen LogP contribution in [-0.4, -0.2) is 38.2 Å². The van der Waals surface area contributed by atoms with Crippen molar-refractivity contribution in [2.45, 2.75) is 44.4 Å². The van der Waals surface area contributed by atoms with Crippen molar-refractivity contribution >= 4 is 17.2 Å². The van der Waals surface area contributed by atoms with E-state index in [9.17, 15) is 9.90 Å². The van der Waals surface area contributed by atoms with E-state index in [1.54, 1.807) is 22.2 Å². The lowest BCUT2D eigenvalue weighted by molar-refractivity contribution is 0.0713. The van der Waals surface area contributed by atoms with Gasteiger partial charge in [0.15, 0.2) is 5.69 Å². The molecule has 6 nitrogen and oxygen atoms in total. The van der Waals surface area contributed by atoms with Gasteiger partial charge in [0.2, 0.25) is 0 Å². The van der Waals surface area contributed by atoms with Gasteiger partial charge in [0, 0.05) is 4.88 Å². The second-order valence-corrected chi connectivity index (χ2v) is 6.34. The lowest BCUT2D eigenvalue weighted by Crippen LogP contribution is -2.45. The summed E-state index contributed by atoms with van der Waals surface area (Å²) in [5.41, 5.74) is 0.296. The molecule has 1 aliphatic carbocycles. The van der Waals surface area contributed by atoms with Crippen molar-refractivity contribution in [3.8, 4) is 0 Å². The molecule has 0 aromatic carbocycles. The summed E-state index contributed by atoms with van der Waals surface area (Å²) in [5, 5.41) is 22.6. The number of hydrogen-bond acceptors (Lipinski definition) is 5. The van der Waals surface area contributed by atoms with Crippen molar-refractivity contribution in [1.29, 1.82) is 0 Å². The highest BCUT2D eigenvalue weighted by atomic mass is 32.1. The van der Waals surface area contributed by atoms with Crippen molar-refractivity contribution in [2.75, 3.05) is 0 Å². The number of amides is 1. The fourth-order valence-electron chi connectivity index (χ4n) is 2.56. The molecule has 0 saturated heterocycles. The number of aliphatic hydroxyl groups is 1. The van der Waals surface area contributed by atoms with Crippen LogP contribution in [0.2, 0.25) is 0 Å². The number of carbonyl (C=O) groups is 1. The molecular weight excluding hydrogens is 288 g/mol. The molecule has 2 N–H and O–H groups in total. The van der Waals surface area contributed by atoms with E-state index in [4.69, 9.17) is 0 Å². The molecule has 0 aliphatic heterocycles. The number of aromatic nitrogens is 3. The molecule has 1 fully saturated rings. The SMILES string of the molecule is O=C(NC1CCCCC1O)c1cn(Cc2cccs2)nn1. The molecule has 0 radical (unpaired) electrons. The molecular formula is C14H18N4O2S. The van der Waals surface area contributed by atoms with Crippen LogP contribution in [0.5, 0.6) is 0 Å². The number of thiophene rings is 1. The molecule has 2 unspecified atom stereocenters. The summed E-state index contributed by atoms with van der Waals surface area (Å²) in [4.78, 5) is 13.3. The van der Waals surface area contributed by atoms with Crippen LogP contribution in [0, 0.1) is 0 Å². The van der Waals surface area contributed by atoms with Gasteiger partial charge >= 0.3 is 0 Å². The van der Waals surface area contributed by atoms with E-state index < -0.39 is 6.10 Å². The molecule has 2 aromatic heterocycles. The summed E-state index contributed by atoms with van der Waals surface area (Å²) >= 11 is 1.64. The van der Waals surface area contributed by atoms with Gasteiger partial charge in [-0.05, 0) is 24.3 Å². The van der Waals surface area contributed by atoms with E-state index in [1.165, 1.54) is 0 Å². The molecule has 2 aromatic rings. The van der Waals surface area contributed by atoms with Crippen LogP contribution in [0.3, 0.4) is 0 Å². The first-order valence-electron chi connectivity index (χ1n) is 7.14. The normalized spacial score (nSPS) is 22.1. The van der Waals surface area contributed by atoms with Gasteiger partial charge in [0.1, 0.15) is 0 Å². The van der Waals surface area contributed by atoms with Crippen LogP contribution >= 0.6 is 11.3 Å². The first kappa shape index (κ1) is 14.2. The van der Waals surface area contributed by atoms with Crippen molar-refractivity contribution in [1.82, 2.24) is 20.3 Å². The Kier molecular flexibility index (Phi) is 4.31. The fourth-order valence-corrected chi connectivity index (χ4v) is 3.26. The van der Waals surface area contributed by atoms with Gasteiger partial charge in [0.25, 0.3) is 5.91 Å². The minimum absolute atomic E-state index is 0.173. The van der Waals surface area contributed by atoms with Crippen molar-refractivity contribution in [3.05, 3.63) is 34.3 Å². The molecule has 2 heterocycles. The second-order valence-electron chi connectivity index (χ2n) is 5.31. The van der Waals surface area contributed by atoms with E-state index in [0.29, 0.717) is 12.2 Å². The summed E-state index contributed by atoms with van der Waals surface area (Å²) < 4.78 is 1.65. The molecule has 1 saturated carbocycles. The summed E-state index contributed by atoms with van der Waals surface area (Å²) in [6.07, 6.45) is 4.80. The topological polar surface area (TPSA) is 80.0 Å². The number of carbonyl (C=O) groups excluding carboxylic acids is 1. The van der Waals surface area contributed by atoms with Crippen LogP contribution in [0.15, 0.2) is 23.7 Å². The van der Waals surface area contributed by atoms with Gasteiger partial charge in [-0.1, -0.05) is 24.1 Å². The highest BCUT2D eigenvalue weighted by Gasteiger charge is 2.25. The minimum atomic E-state index is -0.455. The molecule has 0 spiro atoms.